The quantitative estimate of drug-likeness (QED) is 0.834. The first-order valence-electron chi connectivity index (χ1n) is 6.99. The Kier molecular flexibility index (Phi) is 5.60. The fourth-order valence-electron chi connectivity index (χ4n) is 2.13. The highest BCUT2D eigenvalue weighted by molar-refractivity contribution is 5.77. The Morgan fingerprint density at radius 2 is 1.94 bits per heavy atom. The number of hydrogen-bond acceptors (Lipinski definition) is 3. The molecule has 4 heteroatoms. The molecule has 0 saturated carbocycles. The Hall–Kier alpha value is -0.610. The lowest BCUT2D eigenvalue weighted by atomic mass is 9.85. The molecule has 106 valence electrons. The molecule has 2 N–H and O–H groups in total. The number of rotatable bonds is 4. The van der Waals surface area contributed by atoms with Gasteiger partial charge < -0.3 is 15.4 Å². The molecule has 1 saturated heterocycles. The number of carbonyl (C=O) groups is 1. The number of hydrogen-bond donors (Lipinski definition) is 1. The summed E-state index contributed by atoms with van der Waals surface area (Å²) in [5, 5.41) is 0. The SMILES string of the molecule is CCOC1CCN(C(=O)CC(N)C(C)(C)C)CC1. The average Bonchev–Trinajstić information content (AvgIpc) is 2.29. The van der Waals surface area contributed by atoms with E-state index in [2.05, 4.69) is 20.8 Å². The van der Waals surface area contributed by atoms with Crippen molar-refractivity contribution in [3.05, 3.63) is 0 Å². The van der Waals surface area contributed by atoms with Crippen LogP contribution in [0.4, 0.5) is 0 Å². The largest absolute Gasteiger partial charge is 0.378 e. The van der Waals surface area contributed by atoms with Gasteiger partial charge in [0, 0.05) is 32.2 Å². The summed E-state index contributed by atoms with van der Waals surface area (Å²) in [5.74, 6) is 0.187. The molecule has 0 spiro atoms. The van der Waals surface area contributed by atoms with Crippen LogP contribution in [0.1, 0.15) is 47.0 Å². The molecule has 0 aliphatic carbocycles. The fourth-order valence-corrected chi connectivity index (χ4v) is 2.13. The second-order valence-electron chi connectivity index (χ2n) is 6.21. The van der Waals surface area contributed by atoms with Crippen molar-refractivity contribution in [1.82, 2.24) is 4.90 Å². The van der Waals surface area contributed by atoms with Crippen molar-refractivity contribution in [2.75, 3.05) is 19.7 Å². The first kappa shape index (κ1) is 15.4. The van der Waals surface area contributed by atoms with E-state index in [9.17, 15) is 4.79 Å². The van der Waals surface area contributed by atoms with E-state index in [1.165, 1.54) is 0 Å². The lowest BCUT2D eigenvalue weighted by Gasteiger charge is -2.34. The summed E-state index contributed by atoms with van der Waals surface area (Å²) < 4.78 is 5.58. The maximum absolute atomic E-state index is 12.1. The van der Waals surface area contributed by atoms with Gasteiger partial charge in [-0.2, -0.15) is 0 Å². The molecule has 1 rings (SSSR count). The van der Waals surface area contributed by atoms with Crippen LogP contribution in [0.15, 0.2) is 0 Å². The van der Waals surface area contributed by atoms with Gasteiger partial charge in [-0.1, -0.05) is 20.8 Å². The molecule has 1 fully saturated rings. The van der Waals surface area contributed by atoms with Crippen LogP contribution < -0.4 is 5.73 Å². The van der Waals surface area contributed by atoms with E-state index in [4.69, 9.17) is 10.5 Å². The molecule has 1 amide bonds. The zero-order valence-electron chi connectivity index (χ0n) is 12.2. The highest BCUT2D eigenvalue weighted by atomic mass is 16.5. The normalized spacial score (nSPS) is 19.9. The molecule has 0 radical (unpaired) electrons. The van der Waals surface area contributed by atoms with Crippen LogP contribution in [0.5, 0.6) is 0 Å². The Labute approximate surface area is 111 Å². The Bertz CT molecular complexity index is 265. The molecule has 1 atom stereocenters. The third-order valence-electron chi connectivity index (χ3n) is 3.70. The predicted octanol–water partition coefficient (Wildman–Crippen LogP) is 1.78. The molecular weight excluding hydrogens is 228 g/mol. The minimum atomic E-state index is -0.0744. The van der Waals surface area contributed by atoms with Crippen molar-refractivity contribution in [2.45, 2.75) is 59.1 Å². The van der Waals surface area contributed by atoms with Gasteiger partial charge in [-0.3, -0.25) is 4.79 Å². The summed E-state index contributed by atoms with van der Waals surface area (Å²) in [4.78, 5) is 14.1. The monoisotopic (exact) mass is 256 g/mol. The van der Waals surface area contributed by atoms with Gasteiger partial charge in [-0.15, -0.1) is 0 Å². The molecule has 1 unspecified atom stereocenters. The maximum atomic E-state index is 12.1. The number of amides is 1. The standard InChI is InChI=1S/C14H28N2O2/c1-5-18-11-6-8-16(9-7-11)13(17)10-12(15)14(2,3)4/h11-12H,5-10,15H2,1-4H3. The minimum Gasteiger partial charge on any atom is -0.378 e. The first-order valence-corrected chi connectivity index (χ1v) is 6.99. The van der Waals surface area contributed by atoms with Crippen LogP contribution in [0.25, 0.3) is 0 Å². The number of nitrogens with zero attached hydrogens (tertiary/aromatic N) is 1. The molecule has 0 bridgehead atoms. The van der Waals surface area contributed by atoms with Crippen molar-refractivity contribution >= 4 is 5.91 Å². The van der Waals surface area contributed by atoms with Gasteiger partial charge in [0.15, 0.2) is 0 Å². The topological polar surface area (TPSA) is 55.6 Å². The van der Waals surface area contributed by atoms with Crippen LogP contribution in [0.3, 0.4) is 0 Å². The van der Waals surface area contributed by atoms with E-state index in [0.29, 0.717) is 12.5 Å². The van der Waals surface area contributed by atoms with Crippen LogP contribution in [0, 0.1) is 5.41 Å². The molecule has 1 aliphatic rings. The summed E-state index contributed by atoms with van der Waals surface area (Å²) in [6.45, 7) is 10.6. The van der Waals surface area contributed by atoms with Crippen LogP contribution >= 0.6 is 0 Å². The fraction of sp³-hybridized carbons (Fsp3) is 0.929. The number of ether oxygens (including phenoxy) is 1. The van der Waals surface area contributed by atoms with E-state index < -0.39 is 0 Å². The highest BCUT2D eigenvalue weighted by Gasteiger charge is 2.28. The van der Waals surface area contributed by atoms with Crippen LogP contribution in [-0.2, 0) is 9.53 Å². The third kappa shape index (κ3) is 4.58. The van der Waals surface area contributed by atoms with Gasteiger partial charge in [0.2, 0.25) is 5.91 Å². The van der Waals surface area contributed by atoms with Crippen molar-refractivity contribution in [1.29, 1.82) is 0 Å². The smallest absolute Gasteiger partial charge is 0.224 e. The summed E-state index contributed by atoms with van der Waals surface area (Å²) in [7, 11) is 0. The lowest BCUT2D eigenvalue weighted by molar-refractivity contribution is -0.134. The van der Waals surface area contributed by atoms with Gasteiger partial charge in [0.05, 0.1) is 6.10 Å². The second kappa shape index (κ2) is 6.53. The highest BCUT2D eigenvalue weighted by Crippen LogP contribution is 2.21. The van der Waals surface area contributed by atoms with Gasteiger partial charge in [0.1, 0.15) is 0 Å². The van der Waals surface area contributed by atoms with E-state index in [-0.39, 0.29) is 17.4 Å². The Balaban J connectivity index is 2.36. The number of likely N-dealkylation sites (tertiary alicyclic amines) is 1. The molecule has 18 heavy (non-hydrogen) atoms. The number of piperidine rings is 1. The average molecular weight is 256 g/mol. The first-order chi connectivity index (χ1) is 8.34. The van der Waals surface area contributed by atoms with Gasteiger partial charge >= 0.3 is 0 Å². The Morgan fingerprint density at radius 1 is 1.39 bits per heavy atom. The van der Waals surface area contributed by atoms with Crippen molar-refractivity contribution in [3.8, 4) is 0 Å². The van der Waals surface area contributed by atoms with Crippen LogP contribution in [0.2, 0.25) is 0 Å². The molecule has 1 heterocycles. The Morgan fingerprint density at radius 3 is 2.39 bits per heavy atom. The molecule has 0 aromatic carbocycles. The van der Waals surface area contributed by atoms with Crippen LogP contribution in [-0.4, -0.2) is 42.6 Å². The molecule has 4 nitrogen and oxygen atoms in total. The summed E-state index contributed by atoms with van der Waals surface area (Å²) in [6, 6.07) is -0.0744. The summed E-state index contributed by atoms with van der Waals surface area (Å²) in [5.41, 5.74) is 6.05. The zero-order valence-corrected chi connectivity index (χ0v) is 12.2. The minimum absolute atomic E-state index is 0.0146. The molecule has 1 aliphatic heterocycles. The van der Waals surface area contributed by atoms with E-state index in [1.54, 1.807) is 0 Å². The predicted molar refractivity (Wildman–Crippen MR) is 73.3 cm³/mol. The third-order valence-corrected chi connectivity index (χ3v) is 3.70. The van der Waals surface area contributed by atoms with Crippen molar-refractivity contribution < 1.29 is 9.53 Å². The van der Waals surface area contributed by atoms with Gasteiger partial charge in [-0.25, -0.2) is 0 Å². The van der Waals surface area contributed by atoms with Gasteiger partial charge in [-0.05, 0) is 25.2 Å². The van der Waals surface area contributed by atoms with Gasteiger partial charge in [0.25, 0.3) is 0 Å². The number of nitrogens with two attached hydrogens (primary N) is 1. The van der Waals surface area contributed by atoms with Crippen molar-refractivity contribution in [3.63, 3.8) is 0 Å². The molecule has 0 aromatic heterocycles. The zero-order chi connectivity index (χ0) is 13.8. The second-order valence-corrected chi connectivity index (χ2v) is 6.21. The maximum Gasteiger partial charge on any atom is 0.224 e. The van der Waals surface area contributed by atoms with E-state index in [1.807, 2.05) is 11.8 Å². The summed E-state index contributed by atoms with van der Waals surface area (Å²) in [6.07, 6.45) is 2.67. The van der Waals surface area contributed by atoms with Crippen molar-refractivity contribution in [2.24, 2.45) is 11.1 Å². The summed E-state index contributed by atoms with van der Waals surface area (Å²) >= 11 is 0. The lowest BCUT2D eigenvalue weighted by Crippen LogP contribution is -2.45. The number of carbonyl (C=O) groups excluding carboxylic acids is 1. The van der Waals surface area contributed by atoms with E-state index in [0.717, 1.165) is 32.5 Å². The molecule has 0 aromatic rings. The molecular formula is C14H28N2O2. The van der Waals surface area contributed by atoms with E-state index >= 15 is 0 Å².